The molecule has 2 aromatic carbocycles. The lowest BCUT2D eigenvalue weighted by Gasteiger charge is -2.24. The van der Waals surface area contributed by atoms with Crippen molar-refractivity contribution in [1.29, 1.82) is 0 Å². The molecular formula is C16H12Cl3NO. The van der Waals surface area contributed by atoms with Crippen molar-refractivity contribution in [2.24, 2.45) is 0 Å². The fraction of sp³-hybridized carbons (Fsp3) is 0.188. The van der Waals surface area contributed by atoms with Gasteiger partial charge in [0, 0.05) is 15.6 Å². The summed E-state index contributed by atoms with van der Waals surface area (Å²) < 4.78 is 0. The molecule has 1 N–H and O–H groups in total. The molecule has 2 aromatic rings. The van der Waals surface area contributed by atoms with E-state index in [1.807, 2.05) is 31.2 Å². The summed E-state index contributed by atoms with van der Waals surface area (Å²) >= 11 is 18.7. The Morgan fingerprint density at radius 2 is 1.67 bits per heavy atom. The van der Waals surface area contributed by atoms with Crippen molar-refractivity contribution in [2.45, 2.75) is 18.8 Å². The molecule has 108 valence electrons. The molecule has 0 saturated heterocycles. The maximum absolute atomic E-state index is 12.5. The van der Waals surface area contributed by atoms with Gasteiger partial charge >= 0.3 is 0 Å². The summed E-state index contributed by atoms with van der Waals surface area (Å²) in [5, 5.41) is 4.50. The number of carbonyl (C=O) groups is 1. The Balaban J connectivity index is 2.13. The van der Waals surface area contributed by atoms with Crippen LogP contribution in [-0.4, -0.2) is 5.91 Å². The highest BCUT2D eigenvalue weighted by molar-refractivity contribution is 6.38. The summed E-state index contributed by atoms with van der Waals surface area (Å²) in [7, 11) is 0. The molecule has 1 aliphatic heterocycles. The van der Waals surface area contributed by atoms with Gasteiger partial charge in [0.1, 0.15) is 0 Å². The van der Waals surface area contributed by atoms with Gasteiger partial charge in [0.25, 0.3) is 0 Å². The maximum Gasteiger partial charge on any atom is 0.235 e. The molecule has 0 fully saturated rings. The number of nitrogens with one attached hydrogen (secondary N) is 1. The Bertz CT molecular complexity index is 744. The number of amides is 1. The second-order valence-corrected chi connectivity index (χ2v) is 6.56. The molecule has 1 aliphatic rings. The van der Waals surface area contributed by atoms with E-state index in [-0.39, 0.29) is 5.91 Å². The smallest absolute Gasteiger partial charge is 0.235 e. The van der Waals surface area contributed by atoms with Crippen LogP contribution < -0.4 is 5.32 Å². The number of carbonyl (C=O) groups excluding carboxylic acids is 1. The van der Waals surface area contributed by atoms with Crippen molar-refractivity contribution in [2.75, 3.05) is 5.32 Å². The lowest BCUT2D eigenvalue weighted by Crippen LogP contribution is -2.33. The van der Waals surface area contributed by atoms with Gasteiger partial charge in [0.15, 0.2) is 0 Å². The number of hydrogen-bond donors (Lipinski definition) is 1. The first-order chi connectivity index (χ1) is 9.93. The first-order valence-corrected chi connectivity index (χ1v) is 7.60. The van der Waals surface area contributed by atoms with E-state index in [1.54, 1.807) is 12.1 Å². The van der Waals surface area contributed by atoms with Crippen molar-refractivity contribution < 1.29 is 4.79 Å². The summed E-state index contributed by atoms with van der Waals surface area (Å²) in [5.74, 6) is -0.118. The van der Waals surface area contributed by atoms with Crippen molar-refractivity contribution in [3.63, 3.8) is 0 Å². The van der Waals surface area contributed by atoms with Crippen LogP contribution in [0.5, 0.6) is 0 Å². The van der Waals surface area contributed by atoms with E-state index in [0.717, 1.165) is 11.1 Å². The summed E-state index contributed by atoms with van der Waals surface area (Å²) in [5.41, 5.74) is 1.45. The number of hydrogen-bond acceptors (Lipinski definition) is 1. The Morgan fingerprint density at radius 1 is 1.00 bits per heavy atom. The van der Waals surface area contributed by atoms with Crippen LogP contribution in [0.1, 0.15) is 18.1 Å². The zero-order valence-corrected chi connectivity index (χ0v) is 13.5. The zero-order chi connectivity index (χ0) is 15.2. The van der Waals surface area contributed by atoms with Crippen LogP contribution in [0.25, 0.3) is 0 Å². The predicted octanol–water partition coefficient (Wildman–Crippen LogP) is 5.10. The molecule has 0 radical (unpaired) electrons. The molecule has 0 aliphatic carbocycles. The van der Waals surface area contributed by atoms with Crippen LogP contribution in [0.4, 0.5) is 5.69 Å². The fourth-order valence-electron chi connectivity index (χ4n) is 2.77. The van der Waals surface area contributed by atoms with E-state index in [9.17, 15) is 4.79 Å². The minimum absolute atomic E-state index is 0.118. The van der Waals surface area contributed by atoms with Crippen molar-refractivity contribution in [3.05, 3.63) is 62.6 Å². The highest BCUT2D eigenvalue weighted by atomic mass is 35.5. The highest BCUT2D eigenvalue weighted by Crippen LogP contribution is 2.47. The molecule has 1 heterocycles. The van der Waals surface area contributed by atoms with Crippen LogP contribution >= 0.6 is 34.8 Å². The molecule has 5 heteroatoms. The molecule has 3 rings (SSSR count). The number of benzene rings is 2. The summed E-state index contributed by atoms with van der Waals surface area (Å²) in [6.07, 6.45) is 0.464. The van der Waals surface area contributed by atoms with Gasteiger partial charge in [-0.2, -0.15) is 0 Å². The quantitative estimate of drug-likeness (QED) is 0.809. The molecular weight excluding hydrogens is 329 g/mol. The predicted molar refractivity (Wildman–Crippen MR) is 87.6 cm³/mol. The largest absolute Gasteiger partial charge is 0.324 e. The van der Waals surface area contributed by atoms with Crippen LogP contribution in [0.2, 0.25) is 15.1 Å². The second kappa shape index (κ2) is 5.20. The summed E-state index contributed by atoms with van der Waals surface area (Å²) in [4.78, 5) is 12.5. The molecule has 0 saturated carbocycles. The number of fused-ring (bicyclic) bond motifs is 1. The standard InChI is InChI=1S/C16H12Cl3NO/c1-16(8-9-4-2-3-5-10(9)17)13-11(18)6-7-12(19)14(13)20-15(16)21/h2-7H,8H2,1H3,(H,20,21). The number of halogens is 3. The molecule has 0 bridgehead atoms. The number of rotatable bonds is 2. The monoisotopic (exact) mass is 339 g/mol. The van der Waals surface area contributed by atoms with Gasteiger partial charge < -0.3 is 5.32 Å². The van der Waals surface area contributed by atoms with Crippen molar-refractivity contribution in [3.8, 4) is 0 Å². The lowest BCUT2D eigenvalue weighted by molar-refractivity contribution is -0.120. The second-order valence-electron chi connectivity index (χ2n) is 5.33. The van der Waals surface area contributed by atoms with Gasteiger partial charge in [0.05, 0.1) is 16.1 Å². The first kappa shape index (κ1) is 14.7. The topological polar surface area (TPSA) is 29.1 Å². The molecule has 0 spiro atoms. The third-order valence-electron chi connectivity index (χ3n) is 3.90. The SMILES string of the molecule is CC1(Cc2ccccc2Cl)C(=O)Nc2c(Cl)ccc(Cl)c21. The van der Waals surface area contributed by atoms with Gasteiger partial charge in [-0.3, -0.25) is 4.79 Å². The molecule has 1 atom stereocenters. The molecule has 1 amide bonds. The minimum atomic E-state index is -0.789. The number of anilines is 1. The van der Waals surface area contributed by atoms with E-state index in [0.29, 0.717) is 27.2 Å². The van der Waals surface area contributed by atoms with Gasteiger partial charge in [-0.15, -0.1) is 0 Å². The minimum Gasteiger partial charge on any atom is -0.324 e. The Labute approximate surface area is 138 Å². The Morgan fingerprint density at radius 3 is 2.38 bits per heavy atom. The van der Waals surface area contributed by atoms with Gasteiger partial charge in [0.2, 0.25) is 5.91 Å². The van der Waals surface area contributed by atoms with E-state index in [1.165, 1.54) is 0 Å². The van der Waals surface area contributed by atoms with Crippen LogP contribution in [-0.2, 0) is 16.6 Å². The molecule has 1 unspecified atom stereocenters. The molecule has 0 aromatic heterocycles. The molecule has 2 nitrogen and oxygen atoms in total. The van der Waals surface area contributed by atoms with Crippen molar-refractivity contribution in [1.82, 2.24) is 0 Å². The first-order valence-electron chi connectivity index (χ1n) is 6.47. The van der Waals surface area contributed by atoms with Gasteiger partial charge in [-0.05, 0) is 37.1 Å². The van der Waals surface area contributed by atoms with Gasteiger partial charge in [-0.25, -0.2) is 0 Å². The Kier molecular flexibility index (Phi) is 3.64. The highest BCUT2D eigenvalue weighted by Gasteiger charge is 2.45. The summed E-state index contributed by atoms with van der Waals surface area (Å²) in [6, 6.07) is 10.9. The third kappa shape index (κ3) is 2.32. The Hall–Kier alpha value is -1.22. The lowest BCUT2D eigenvalue weighted by atomic mass is 9.78. The van der Waals surface area contributed by atoms with E-state index in [2.05, 4.69) is 5.32 Å². The van der Waals surface area contributed by atoms with Crippen LogP contribution in [0.15, 0.2) is 36.4 Å². The summed E-state index contributed by atoms with van der Waals surface area (Å²) in [6.45, 7) is 1.86. The van der Waals surface area contributed by atoms with Crippen LogP contribution in [0, 0.1) is 0 Å². The molecule has 21 heavy (non-hydrogen) atoms. The average Bonchev–Trinajstić information content (AvgIpc) is 2.71. The van der Waals surface area contributed by atoms with Crippen LogP contribution in [0.3, 0.4) is 0 Å². The van der Waals surface area contributed by atoms with Crippen molar-refractivity contribution >= 4 is 46.4 Å². The average molecular weight is 341 g/mol. The van der Waals surface area contributed by atoms with E-state index < -0.39 is 5.41 Å². The maximum atomic E-state index is 12.5. The normalized spacial score (nSPS) is 20.3. The third-order valence-corrected chi connectivity index (χ3v) is 4.90. The van der Waals surface area contributed by atoms with E-state index in [4.69, 9.17) is 34.8 Å². The zero-order valence-electron chi connectivity index (χ0n) is 11.2. The van der Waals surface area contributed by atoms with E-state index >= 15 is 0 Å². The fourth-order valence-corrected chi connectivity index (χ4v) is 3.54. The van der Waals surface area contributed by atoms with Gasteiger partial charge in [-0.1, -0.05) is 53.0 Å².